The molecule has 3 amide bonds. The molecule has 0 saturated carbocycles. The van der Waals surface area contributed by atoms with E-state index in [1.807, 2.05) is 0 Å². The predicted molar refractivity (Wildman–Crippen MR) is 175 cm³/mol. The second kappa shape index (κ2) is 13.7. The smallest absolute Gasteiger partial charge is 0.422 e. The van der Waals surface area contributed by atoms with Crippen LogP contribution in [0, 0.1) is 0 Å². The van der Waals surface area contributed by atoms with Gasteiger partial charge in [-0.2, -0.15) is 4.90 Å². The minimum Gasteiger partial charge on any atom is -0.464 e. The number of aromatic nitrogens is 3. The molecule has 0 aliphatic rings. The van der Waals surface area contributed by atoms with E-state index in [0.717, 1.165) is 4.90 Å². The highest BCUT2D eigenvalue weighted by Gasteiger charge is 2.37. The molecule has 0 saturated heterocycles. The summed E-state index contributed by atoms with van der Waals surface area (Å²) >= 11 is 12.8. The number of hydrogen-bond donors (Lipinski definition) is 2. The van der Waals surface area contributed by atoms with E-state index in [2.05, 4.69) is 48.8 Å². The highest BCUT2D eigenvalue weighted by atomic mass is 35.5. The first-order valence-electron chi connectivity index (χ1n) is 13.9. The third-order valence-electron chi connectivity index (χ3n) is 7.08. The zero-order valence-corrected chi connectivity index (χ0v) is 28.9. The van der Waals surface area contributed by atoms with Crippen molar-refractivity contribution in [1.82, 2.24) is 15.0 Å². The summed E-state index contributed by atoms with van der Waals surface area (Å²) in [6.07, 6.45) is -1.97. The normalized spacial score (nSPS) is 12.0. The molecule has 0 unspecified atom stereocenters. The molecule has 3 aromatic rings. The van der Waals surface area contributed by atoms with E-state index in [0.29, 0.717) is 17.9 Å². The zero-order chi connectivity index (χ0) is 33.9. The number of carbonyl (C=O) groups excluding carboxylic acids is 1. The Morgan fingerprint density at radius 1 is 0.889 bits per heavy atom. The molecule has 0 atom stereocenters. The summed E-state index contributed by atoms with van der Waals surface area (Å²) < 4.78 is 11.9. The number of nitrogens with zero attached hydrogens (tertiary/aromatic N) is 5. The number of carbonyl (C=O) groups is 3. The Bertz CT molecular complexity index is 1540. The molecular formula is C30H37Cl2N5O7Si. The van der Waals surface area contributed by atoms with Crippen LogP contribution in [-0.4, -0.2) is 57.4 Å². The third kappa shape index (κ3) is 8.90. The van der Waals surface area contributed by atoms with Crippen LogP contribution in [0.25, 0.3) is 11.3 Å². The lowest BCUT2D eigenvalue weighted by molar-refractivity contribution is 0.0576. The lowest BCUT2D eigenvalue weighted by Gasteiger charge is -2.36. The number of pyridine rings is 1. The summed E-state index contributed by atoms with van der Waals surface area (Å²) in [5, 5.41) is 20.0. The molecule has 0 radical (unpaired) electrons. The summed E-state index contributed by atoms with van der Waals surface area (Å²) in [6, 6.07) is 8.21. The molecule has 12 nitrogen and oxygen atoms in total. The monoisotopic (exact) mass is 677 g/mol. The number of anilines is 2. The summed E-state index contributed by atoms with van der Waals surface area (Å²) in [5.74, 6) is -1.08. The first-order valence-corrected chi connectivity index (χ1v) is 17.5. The number of benzene rings is 1. The van der Waals surface area contributed by atoms with Gasteiger partial charge < -0.3 is 19.4 Å². The molecule has 3 rings (SSSR count). The van der Waals surface area contributed by atoms with Gasteiger partial charge in [0.2, 0.25) is 0 Å². The van der Waals surface area contributed by atoms with Gasteiger partial charge in [0.15, 0.2) is 20.0 Å². The van der Waals surface area contributed by atoms with Crippen LogP contribution in [0.2, 0.25) is 28.2 Å². The minimum absolute atomic E-state index is 0.0225. The molecule has 0 aliphatic heterocycles. The molecule has 1 aromatic carbocycles. The quantitative estimate of drug-likeness (QED) is 0.222. The van der Waals surface area contributed by atoms with Crippen molar-refractivity contribution in [3.63, 3.8) is 0 Å². The average Bonchev–Trinajstić information content (AvgIpc) is 2.90. The van der Waals surface area contributed by atoms with Crippen molar-refractivity contribution in [2.45, 2.75) is 78.4 Å². The molecule has 45 heavy (non-hydrogen) atoms. The van der Waals surface area contributed by atoms with Gasteiger partial charge in [-0.15, -0.1) is 0 Å². The van der Waals surface area contributed by atoms with Gasteiger partial charge in [-0.3, -0.25) is 9.88 Å². The van der Waals surface area contributed by atoms with Crippen LogP contribution < -0.4 is 9.80 Å². The van der Waals surface area contributed by atoms with Gasteiger partial charge in [0.25, 0.3) is 0 Å². The van der Waals surface area contributed by atoms with Crippen LogP contribution in [-0.2, 0) is 22.3 Å². The van der Waals surface area contributed by atoms with Crippen LogP contribution in [0.5, 0.6) is 0 Å². The van der Waals surface area contributed by atoms with Crippen LogP contribution in [0.4, 0.5) is 26.0 Å². The molecule has 2 N–H and O–H groups in total. The van der Waals surface area contributed by atoms with Gasteiger partial charge in [-0.25, -0.2) is 24.4 Å². The molecule has 0 spiro atoms. The number of ether oxygens (including phenoxy) is 1. The van der Waals surface area contributed by atoms with Crippen molar-refractivity contribution in [2.75, 3.05) is 9.80 Å². The summed E-state index contributed by atoms with van der Waals surface area (Å²) in [4.78, 5) is 51.8. The zero-order valence-electron chi connectivity index (χ0n) is 26.4. The van der Waals surface area contributed by atoms with Crippen molar-refractivity contribution in [3.8, 4) is 11.3 Å². The van der Waals surface area contributed by atoms with Gasteiger partial charge in [0.1, 0.15) is 5.60 Å². The van der Waals surface area contributed by atoms with E-state index in [-0.39, 0.29) is 37.8 Å². The van der Waals surface area contributed by atoms with E-state index >= 15 is 0 Å². The molecule has 0 aliphatic carbocycles. The van der Waals surface area contributed by atoms with E-state index < -0.39 is 43.8 Å². The number of hydrogen-bond acceptors (Lipinski definition) is 8. The Kier molecular flexibility index (Phi) is 10.9. The summed E-state index contributed by atoms with van der Waals surface area (Å²) in [5.41, 5.74) is 0.613. The Morgan fingerprint density at radius 3 is 1.98 bits per heavy atom. The highest BCUT2D eigenvalue weighted by Crippen LogP contribution is 2.37. The maximum absolute atomic E-state index is 13.6. The molecule has 242 valence electrons. The fourth-order valence-corrected chi connectivity index (χ4v) is 5.09. The van der Waals surface area contributed by atoms with Gasteiger partial charge in [-0.1, -0.05) is 50.0 Å². The fourth-order valence-electron chi connectivity index (χ4n) is 3.63. The van der Waals surface area contributed by atoms with Crippen molar-refractivity contribution in [2.24, 2.45) is 0 Å². The second-order valence-corrected chi connectivity index (χ2v) is 18.3. The van der Waals surface area contributed by atoms with Crippen molar-refractivity contribution < 1.29 is 33.8 Å². The number of imide groups is 1. The average molecular weight is 679 g/mol. The molecule has 0 bridgehead atoms. The van der Waals surface area contributed by atoms with Gasteiger partial charge >= 0.3 is 18.3 Å². The fraction of sp³-hybridized carbons (Fsp3) is 0.400. The number of amides is 3. The Labute approximate surface area is 273 Å². The second-order valence-electron chi connectivity index (χ2n) is 12.7. The molecule has 2 heterocycles. The number of rotatable bonds is 8. The topological polar surface area (TPSA) is 155 Å². The Hall–Kier alpha value is -3.78. The lowest BCUT2D eigenvalue weighted by atomic mass is 10.2. The standard InChI is InChI=1S/C30H37Cl2N5O7Si/c1-29(2,3)44-28(42)36(16-20-21(31)10-9-11-22(20)32)25-24(37(26(38)39)27(40)41)34-15-23(35-25)18-12-13-19(33-14-18)17-43-45(7,8)30(4,5)6/h9-15H,16-17H2,1-8H3,(H,38,39)(H,40,41). The van der Waals surface area contributed by atoms with Gasteiger partial charge in [0, 0.05) is 27.4 Å². The first kappa shape index (κ1) is 35.7. The maximum atomic E-state index is 13.6. The SMILES string of the molecule is CC(C)(C)OC(=O)N(Cc1c(Cl)cccc1Cl)c1nc(-c2ccc(CO[Si](C)(C)C(C)(C)C)nc2)cnc1N(C(=O)O)C(=O)O. The maximum Gasteiger partial charge on any atom is 0.422 e. The van der Waals surface area contributed by atoms with Crippen LogP contribution in [0.15, 0.2) is 42.7 Å². The minimum atomic E-state index is -2.02. The Morgan fingerprint density at radius 2 is 1.49 bits per heavy atom. The van der Waals surface area contributed by atoms with Crippen LogP contribution >= 0.6 is 23.2 Å². The van der Waals surface area contributed by atoms with Crippen molar-refractivity contribution in [1.29, 1.82) is 0 Å². The van der Waals surface area contributed by atoms with E-state index in [1.165, 1.54) is 12.4 Å². The lowest BCUT2D eigenvalue weighted by Crippen LogP contribution is -2.41. The van der Waals surface area contributed by atoms with Crippen LogP contribution in [0.1, 0.15) is 52.8 Å². The number of halogens is 2. The summed E-state index contributed by atoms with van der Waals surface area (Å²) in [7, 11) is -2.02. The number of carboxylic acid groups (broad SMARTS) is 2. The third-order valence-corrected chi connectivity index (χ3v) is 12.3. The van der Waals surface area contributed by atoms with Gasteiger partial charge in [0.05, 0.1) is 30.7 Å². The molecular weight excluding hydrogens is 641 g/mol. The molecule has 15 heteroatoms. The largest absolute Gasteiger partial charge is 0.464 e. The van der Waals surface area contributed by atoms with Crippen molar-refractivity contribution in [3.05, 3.63) is 64.0 Å². The van der Waals surface area contributed by atoms with E-state index in [9.17, 15) is 24.6 Å². The Balaban J connectivity index is 2.16. The first-order chi connectivity index (χ1) is 20.7. The molecule has 2 aromatic heterocycles. The van der Waals surface area contributed by atoms with E-state index in [1.54, 1.807) is 51.1 Å². The van der Waals surface area contributed by atoms with Crippen molar-refractivity contribution >= 4 is 61.4 Å². The predicted octanol–water partition coefficient (Wildman–Crippen LogP) is 8.47. The van der Waals surface area contributed by atoms with E-state index in [4.69, 9.17) is 32.4 Å². The summed E-state index contributed by atoms with van der Waals surface area (Å²) in [6.45, 7) is 15.6. The van der Waals surface area contributed by atoms with Crippen LogP contribution in [0.3, 0.4) is 0 Å². The van der Waals surface area contributed by atoms with Gasteiger partial charge in [-0.05, 0) is 63.2 Å². The highest BCUT2D eigenvalue weighted by molar-refractivity contribution is 6.74. The molecule has 0 fully saturated rings.